The predicted octanol–water partition coefficient (Wildman–Crippen LogP) is 5.45. The molecule has 0 saturated carbocycles. The highest BCUT2D eigenvalue weighted by atomic mass is 16.5. The van der Waals surface area contributed by atoms with Crippen LogP contribution in [0.15, 0.2) is 60.0 Å². The number of ether oxygens (including phenoxy) is 2. The first-order valence-corrected chi connectivity index (χ1v) is 11.5. The van der Waals surface area contributed by atoms with Crippen LogP contribution in [0, 0.1) is 5.41 Å². The number of esters is 1. The summed E-state index contributed by atoms with van der Waals surface area (Å²) in [5.41, 5.74) is 3.56. The molecule has 34 heavy (non-hydrogen) atoms. The lowest BCUT2D eigenvalue weighted by Gasteiger charge is -2.38. The van der Waals surface area contributed by atoms with E-state index >= 15 is 0 Å². The van der Waals surface area contributed by atoms with Crippen LogP contribution in [-0.2, 0) is 17.8 Å². The van der Waals surface area contributed by atoms with E-state index in [4.69, 9.17) is 14.5 Å². The van der Waals surface area contributed by atoms with Crippen LogP contribution in [0.4, 0.5) is 0 Å². The molecule has 2 aromatic heterocycles. The maximum absolute atomic E-state index is 12.9. The molecule has 6 nitrogen and oxygen atoms in total. The van der Waals surface area contributed by atoms with Crippen molar-refractivity contribution < 1.29 is 14.3 Å². The first kappa shape index (κ1) is 23.5. The quantitative estimate of drug-likeness (QED) is 0.459. The summed E-state index contributed by atoms with van der Waals surface area (Å²) in [5, 5.41) is 0. The van der Waals surface area contributed by atoms with Crippen LogP contribution >= 0.6 is 0 Å². The lowest BCUT2D eigenvalue weighted by molar-refractivity contribution is 0.0523. The maximum Gasteiger partial charge on any atom is 0.343 e. The molecule has 0 amide bonds. The van der Waals surface area contributed by atoms with Crippen LogP contribution in [0.1, 0.15) is 60.9 Å². The average Bonchev–Trinajstić information content (AvgIpc) is 2.81. The Hall–Kier alpha value is -3.67. The van der Waals surface area contributed by atoms with Crippen LogP contribution < -0.4 is 10.2 Å². The average molecular weight is 459 g/mol. The monoisotopic (exact) mass is 458 g/mol. The Bertz CT molecular complexity index is 1290. The molecule has 0 saturated heterocycles. The van der Waals surface area contributed by atoms with Crippen molar-refractivity contribution in [2.75, 3.05) is 6.61 Å². The van der Waals surface area contributed by atoms with Gasteiger partial charge in [-0.05, 0) is 42.0 Å². The van der Waals surface area contributed by atoms with Crippen LogP contribution in [-0.4, -0.2) is 22.1 Å². The molecular formula is C28H30N2O4. The van der Waals surface area contributed by atoms with Gasteiger partial charge in [0.2, 0.25) is 0 Å². The van der Waals surface area contributed by atoms with E-state index in [0.717, 1.165) is 11.1 Å². The van der Waals surface area contributed by atoms with Gasteiger partial charge in [-0.3, -0.25) is 4.79 Å². The Labute approximate surface area is 199 Å². The van der Waals surface area contributed by atoms with Gasteiger partial charge in [-0.25, -0.2) is 9.78 Å². The fourth-order valence-electron chi connectivity index (χ4n) is 4.31. The smallest absolute Gasteiger partial charge is 0.343 e. The predicted molar refractivity (Wildman–Crippen MR) is 133 cm³/mol. The molecule has 0 spiro atoms. The first-order valence-electron chi connectivity index (χ1n) is 11.5. The van der Waals surface area contributed by atoms with Crippen molar-refractivity contribution >= 4 is 12.0 Å². The minimum atomic E-state index is -0.606. The molecule has 0 N–H and O–H groups in total. The van der Waals surface area contributed by atoms with Crippen LogP contribution in [0.5, 0.6) is 5.75 Å². The normalized spacial score (nSPS) is 14.6. The van der Waals surface area contributed by atoms with Crippen LogP contribution in [0.25, 0.3) is 17.5 Å². The molecular weight excluding hydrogens is 428 g/mol. The second-order valence-corrected chi connectivity index (χ2v) is 9.51. The lowest BCUT2D eigenvalue weighted by atomic mass is 9.79. The Balaban J connectivity index is 1.82. The summed E-state index contributed by atoms with van der Waals surface area (Å²) in [7, 11) is 0. The number of fused-ring (bicyclic) bond motifs is 3. The molecule has 0 unspecified atom stereocenters. The Kier molecular flexibility index (Phi) is 6.42. The molecule has 6 heteroatoms. The molecule has 0 bridgehead atoms. The van der Waals surface area contributed by atoms with E-state index < -0.39 is 5.97 Å². The fourth-order valence-corrected chi connectivity index (χ4v) is 4.31. The van der Waals surface area contributed by atoms with Crippen molar-refractivity contribution in [1.29, 1.82) is 0 Å². The number of aromatic nitrogens is 2. The highest BCUT2D eigenvalue weighted by Gasteiger charge is 2.35. The topological polar surface area (TPSA) is 70.4 Å². The van der Waals surface area contributed by atoms with E-state index in [1.807, 2.05) is 41.0 Å². The molecule has 176 valence electrons. The molecule has 1 aromatic carbocycles. The standard InChI is InChI=1S/C28H30N2O4/c1-6-21-24(34-17-18-11-9-8-10-12-18)13-19-14-25(28(3,4)5)30-16-20(27(32)33-7-2)23(31)15-22(30)26(19)29-21/h6,8-13,15-16,25H,1,7,14,17H2,2-5H3/t25-/m0/s1. The van der Waals surface area contributed by atoms with Gasteiger partial charge in [0, 0.05) is 18.3 Å². The number of rotatable bonds is 6. The van der Waals surface area contributed by atoms with E-state index in [1.165, 1.54) is 6.07 Å². The van der Waals surface area contributed by atoms with Gasteiger partial charge in [0.1, 0.15) is 23.6 Å². The number of nitrogens with zero attached hydrogens (tertiary/aromatic N) is 2. The molecule has 1 aliphatic heterocycles. The summed E-state index contributed by atoms with van der Waals surface area (Å²) in [4.78, 5) is 30.1. The molecule has 0 aliphatic carbocycles. The van der Waals surface area contributed by atoms with Gasteiger partial charge in [-0.1, -0.05) is 57.7 Å². The fraction of sp³-hybridized carbons (Fsp3) is 0.321. The van der Waals surface area contributed by atoms with Gasteiger partial charge in [0.15, 0.2) is 5.43 Å². The summed E-state index contributed by atoms with van der Waals surface area (Å²) in [6.45, 7) is 12.7. The molecule has 1 atom stereocenters. The van der Waals surface area contributed by atoms with Gasteiger partial charge in [-0.15, -0.1) is 0 Å². The number of carbonyl (C=O) groups is 1. The van der Waals surface area contributed by atoms with Gasteiger partial charge >= 0.3 is 5.97 Å². The zero-order chi connectivity index (χ0) is 24.5. The minimum Gasteiger partial charge on any atom is -0.487 e. The number of hydrogen-bond acceptors (Lipinski definition) is 5. The van der Waals surface area contributed by atoms with Crippen molar-refractivity contribution in [2.45, 2.75) is 46.8 Å². The zero-order valence-electron chi connectivity index (χ0n) is 20.1. The summed E-state index contributed by atoms with van der Waals surface area (Å²) in [6, 6.07) is 13.5. The first-order chi connectivity index (χ1) is 16.2. The second-order valence-electron chi connectivity index (χ2n) is 9.51. The van der Waals surface area contributed by atoms with Gasteiger partial charge in [0.05, 0.1) is 18.0 Å². The van der Waals surface area contributed by atoms with Crippen molar-refractivity contribution in [3.05, 3.63) is 87.8 Å². The third kappa shape index (κ3) is 4.53. The van der Waals surface area contributed by atoms with E-state index in [9.17, 15) is 9.59 Å². The SMILES string of the molecule is C=Cc1nc2c(cc1OCc1ccccc1)C[C@@H](C(C)(C)C)n1cc(C(=O)OCC)c(=O)cc1-2. The largest absolute Gasteiger partial charge is 0.487 e. The van der Waals surface area contributed by atoms with Crippen molar-refractivity contribution in [3.8, 4) is 17.1 Å². The minimum absolute atomic E-state index is 0.00197. The molecule has 1 aliphatic rings. The third-order valence-corrected chi connectivity index (χ3v) is 6.09. The summed E-state index contributed by atoms with van der Waals surface area (Å²) < 4.78 is 13.2. The molecule has 3 aromatic rings. The number of hydrogen-bond donors (Lipinski definition) is 0. The van der Waals surface area contributed by atoms with Gasteiger partial charge in [0.25, 0.3) is 0 Å². The van der Waals surface area contributed by atoms with Crippen molar-refractivity contribution in [2.24, 2.45) is 5.41 Å². The van der Waals surface area contributed by atoms with Gasteiger partial charge < -0.3 is 14.0 Å². The van der Waals surface area contributed by atoms with E-state index in [1.54, 1.807) is 19.2 Å². The Morgan fingerprint density at radius 2 is 1.97 bits per heavy atom. The number of benzene rings is 1. The van der Waals surface area contributed by atoms with E-state index in [2.05, 4.69) is 27.4 Å². The third-order valence-electron chi connectivity index (χ3n) is 6.09. The summed E-state index contributed by atoms with van der Waals surface area (Å²) in [5.74, 6) is 0.0508. The summed E-state index contributed by atoms with van der Waals surface area (Å²) >= 11 is 0. The van der Waals surface area contributed by atoms with Crippen molar-refractivity contribution in [1.82, 2.24) is 9.55 Å². The van der Waals surface area contributed by atoms with Crippen molar-refractivity contribution in [3.63, 3.8) is 0 Å². The van der Waals surface area contributed by atoms with E-state index in [0.29, 0.717) is 35.9 Å². The molecule has 3 heterocycles. The van der Waals surface area contributed by atoms with E-state index in [-0.39, 0.29) is 29.1 Å². The number of pyridine rings is 2. The molecule has 0 radical (unpaired) electrons. The molecule has 4 rings (SSSR count). The Morgan fingerprint density at radius 3 is 2.62 bits per heavy atom. The highest BCUT2D eigenvalue weighted by Crippen LogP contribution is 2.43. The Morgan fingerprint density at radius 1 is 1.24 bits per heavy atom. The summed E-state index contributed by atoms with van der Waals surface area (Å²) in [6.07, 6.45) is 3.97. The van der Waals surface area contributed by atoms with Gasteiger partial charge in [-0.2, -0.15) is 0 Å². The zero-order valence-corrected chi connectivity index (χ0v) is 20.1. The van der Waals surface area contributed by atoms with Crippen LogP contribution in [0.3, 0.4) is 0 Å². The highest BCUT2D eigenvalue weighted by molar-refractivity contribution is 5.89. The maximum atomic E-state index is 12.9. The lowest BCUT2D eigenvalue weighted by Crippen LogP contribution is -2.33. The van der Waals surface area contributed by atoms with Crippen LogP contribution in [0.2, 0.25) is 0 Å². The second kappa shape index (κ2) is 9.29. The molecule has 0 fully saturated rings. The number of carbonyl (C=O) groups excluding carboxylic acids is 1.